The molecular weight excluding hydrogens is 366 g/mol. The lowest BCUT2D eigenvalue weighted by atomic mass is 9.93. The molecule has 0 unspecified atom stereocenters. The minimum absolute atomic E-state index is 0. The summed E-state index contributed by atoms with van der Waals surface area (Å²) in [5.41, 5.74) is 7.77. The number of fused-ring (bicyclic) bond motifs is 3. The minimum atomic E-state index is 0. The summed E-state index contributed by atoms with van der Waals surface area (Å²) in [4.78, 5) is 14.6. The van der Waals surface area contributed by atoms with Crippen LogP contribution in [0.5, 0.6) is 0 Å². The van der Waals surface area contributed by atoms with Gasteiger partial charge in [0.2, 0.25) is 0 Å². The second-order valence-electron chi connectivity index (χ2n) is 7.53. The topological polar surface area (TPSA) is 67.1 Å². The molecule has 0 bridgehead atoms. The Morgan fingerprint density at radius 3 is 2.73 bits per heavy atom. The number of aromatic nitrogens is 2. The maximum absolute atomic E-state index is 6.34. The summed E-state index contributed by atoms with van der Waals surface area (Å²) in [5.74, 6) is 2.46. The number of anilines is 1. The standard InChI is InChI=1S/C19H29N5S.ClH/c1-21-9-6-13-7-10-24(11-8-13)12-16-22-18(20)17-14-4-2-3-5-15(14)25-19(17)23-16;/h13,21H,2-12H2,1H3,(H2,20,22,23);1H. The molecule has 0 atom stereocenters. The lowest BCUT2D eigenvalue weighted by Gasteiger charge is -2.31. The van der Waals surface area contributed by atoms with E-state index in [0.29, 0.717) is 5.82 Å². The molecule has 1 aliphatic carbocycles. The normalized spacial score (nSPS) is 18.7. The van der Waals surface area contributed by atoms with Crippen LogP contribution in [0.4, 0.5) is 5.82 Å². The molecule has 0 saturated carbocycles. The second-order valence-corrected chi connectivity index (χ2v) is 8.61. The highest BCUT2D eigenvalue weighted by molar-refractivity contribution is 7.19. The molecule has 2 aromatic heterocycles. The van der Waals surface area contributed by atoms with Gasteiger partial charge in [0.05, 0.1) is 11.9 Å². The Balaban J connectivity index is 0.00000196. The fourth-order valence-corrected chi connectivity index (χ4v) is 5.57. The summed E-state index contributed by atoms with van der Waals surface area (Å²) in [6.07, 6.45) is 8.75. The van der Waals surface area contributed by atoms with Crippen LogP contribution in [0.15, 0.2) is 0 Å². The molecular formula is C19H30ClN5S. The zero-order valence-electron chi connectivity index (χ0n) is 15.6. The quantitative estimate of drug-likeness (QED) is 0.812. The van der Waals surface area contributed by atoms with Crippen molar-refractivity contribution in [1.29, 1.82) is 0 Å². The van der Waals surface area contributed by atoms with Gasteiger partial charge >= 0.3 is 0 Å². The number of thiophene rings is 1. The number of piperidine rings is 1. The SMILES string of the molecule is CNCCC1CCN(Cc2nc(N)c3c4c(sc3n2)CCCC4)CC1.Cl. The molecule has 1 saturated heterocycles. The fourth-order valence-electron chi connectivity index (χ4n) is 4.28. The smallest absolute Gasteiger partial charge is 0.146 e. The van der Waals surface area contributed by atoms with Crippen LogP contribution in [0.2, 0.25) is 0 Å². The van der Waals surface area contributed by atoms with Crippen LogP contribution in [-0.2, 0) is 19.4 Å². The van der Waals surface area contributed by atoms with E-state index in [9.17, 15) is 0 Å². The largest absolute Gasteiger partial charge is 0.383 e. The van der Waals surface area contributed by atoms with Crippen LogP contribution < -0.4 is 11.1 Å². The molecule has 2 aliphatic rings. The van der Waals surface area contributed by atoms with E-state index >= 15 is 0 Å². The molecule has 0 aromatic carbocycles. The average Bonchev–Trinajstić information content (AvgIpc) is 3.00. The van der Waals surface area contributed by atoms with Crippen molar-refractivity contribution in [3.05, 3.63) is 16.3 Å². The Bertz CT molecular complexity index is 739. The highest BCUT2D eigenvalue weighted by Gasteiger charge is 2.22. The molecule has 5 nitrogen and oxygen atoms in total. The third-order valence-corrected chi connectivity index (χ3v) is 6.95. The molecule has 1 aliphatic heterocycles. The predicted molar refractivity (Wildman–Crippen MR) is 112 cm³/mol. The molecule has 26 heavy (non-hydrogen) atoms. The zero-order chi connectivity index (χ0) is 17.2. The van der Waals surface area contributed by atoms with E-state index in [4.69, 9.17) is 10.7 Å². The first kappa shape index (κ1) is 19.8. The Morgan fingerprint density at radius 1 is 1.19 bits per heavy atom. The molecule has 7 heteroatoms. The van der Waals surface area contributed by atoms with Crippen molar-refractivity contribution < 1.29 is 0 Å². The van der Waals surface area contributed by atoms with Crippen molar-refractivity contribution in [2.24, 2.45) is 5.92 Å². The number of aryl methyl sites for hydroxylation is 2. The van der Waals surface area contributed by atoms with Gasteiger partial charge in [-0.2, -0.15) is 0 Å². The van der Waals surface area contributed by atoms with E-state index in [-0.39, 0.29) is 12.4 Å². The van der Waals surface area contributed by atoms with Crippen LogP contribution >= 0.6 is 23.7 Å². The molecule has 0 radical (unpaired) electrons. The van der Waals surface area contributed by atoms with Crippen LogP contribution in [0.25, 0.3) is 10.2 Å². The van der Waals surface area contributed by atoms with Crippen molar-refractivity contribution in [2.75, 3.05) is 32.4 Å². The molecule has 4 rings (SSSR count). The van der Waals surface area contributed by atoms with Gasteiger partial charge in [0.15, 0.2) is 0 Å². The first-order valence-corrected chi connectivity index (χ1v) is 10.5. The van der Waals surface area contributed by atoms with Gasteiger partial charge in [-0.25, -0.2) is 9.97 Å². The summed E-state index contributed by atoms with van der Waals surface area (Å²) in [6.45, 7) is 4.26. The Morgan fingerprint density at radius 2 is 1.96 bits per heavy atom. The molecule has 144 valence electrons. The van der Waals surface area contributed by atoms with Gasteiger partial charge in [0.25, 0.3) is 0 Å². The summed E-state index contributed by atoms with van der Waals surface area (Å²) >= 11 is 1.84. The third-order valence-electron chi connectivity index (χ3n) is 5.76. The van der Waals surface area contributed by atoms with Gasteiger partial charge in [-0.3, -0.25) is 4.90 Å². The summed E-state index contributed by atoms with van der Waals surface area (Å²) in [5, 5.41) is 4.41. The van der Waals surface area contributed by atoms with Crippen molar-refractivity contribution in [3.8, 4) is 0 Å². The van der Waals surface area contributed by atoms with E-state index in [1.807, 2.05) is 18.4 Å². The van der Waals surface area contributed by atoms with E-state index in [1.165, 1.54) is 49.0 Å². The highest BCUT2D eigenvalue weighted by Crippen LogP contribution is 2.37. The number of nitrogens with zero attached hydrogens (tertiary/aromatic N) is 3. The van der Waals surface area contributed by atoms with Gasteiger partial charge in [0, 0.05) is 4.88 Å². The number of halogens is 1. The number of nitrogen functional groups attached to an aromatic ring is 1. The van der Waals surface area contributed by atoms with E-state index in [0.717, 1.165) is 54.6 Å². The van der Waals surface area contributed by atoms with Gasteiger partial charge in [-0.1, -0.05) is 0 Å². The van der Waals surface area contributed by atoms with Crippen LogP contribution in [0.1, 0.15) is 48.4 Å². The Labute approximate surface area is 166 Å². The number of nitrogens with two attached hydrogens (primary N) is 1. The number of rotatable bonds is 5. The van der Waals surface area contributed by atoms with Gasteiger partial charge in [0.1, 0.15) is 16.5 Å². The summed E-state index contributed by atoms with van der Waals surface area (Å²) in [6, 6.07) is 0. The van der Waals surface area contributed by atoms with E-state index in [1.54, 1.807) is 0 Å². The van der Waals surface area contributed by atoms with Crippen molar-refractivity contribution in [2.45, 2.75) is 51.5 Å². The fraction of sp³-hybridized carbons (Fsp3) is 0.684. The molecule has 0 amide bonds. The Kier molecular flexibility index (Phi) is 6.72. The third kappa shape index (κ3) is 4.14. The minimum Gasteiger partial charge on any atom is -0.383 e. The predicted octanol–water partition coefficient (Wildman–Crippen LogP) is 3.40. The Hall–Kier alpha value is -0.950. The van der Waals surface area contributed by atoms with Gasteiger partial charge in [-0.05, 0) is 83.1 Å². The van der Waals surface area contributed by atoms with Crippen molar-refractivity contribution >= 4 is 39.8 Å². The molecule has 3 N–H and O–H groups in total. The molecule has 0 spiro atoms. The second kappa shape index (κ2) is 8.83. The summed E-state index contributed by atoms with van der Waals surface area (Å²) < 4.78 is 0. The van der Waals surface area contributed by atoms with Gasteiger partial charge < -0.3 is 11.1 Å². The van der Waals surface area contributed by atoms with Crippen LogP contribution in [0.3, 0.4) is 0 Å². The summed E-state index contributed by atoms with van der Waals surface area (Å²) in [7, 11) is 2.04. The number of hydrogen-bond donors (Lipinski definition) is 2. The monoisotopic (exact) mass is 395 g/mol. The number of nitrogens with one attached hydrogen (secondary N) is 1. The highest BCUT2D eigenvalue weighted by atomic mass is 35.5. The van der Waals surface area contributed by atoms with Crippen molar-refractivity contribution in [1.82, 2.24) is 20.2 Å². The number of likely N-dealkylation sites (tertiary alicyclic amines) is 1. The molecule has 2 aromatic rings. The van der Waals surface area contributed by atoms with Crippen LogP contribution in [-0.4, -0.2) is 41.5 Å². The zero-order valence-corrected chi connectivity index (χ0v) is 17.2. The lowest BCUT2D eigenvalue weighted by Crippen LogP contribution is -2.34. The number of hydrogen-bond acceptors (Lipinski definition) is 6. The van der Waals surface area contributed by atoms with Crippen LogP contribution in [0, 0.1) is 5.92 Å². The van der Waals surface area contributed by atoms with E-state index < -0.39 is 0 Å². The lowest BCUT2D eigenvalue weighted by molar-refractivity contribution is 0.169. The molecule has 1 fully saturated rings. The van der Waals surface area contributed by atoms with E-state index in [2.05, 4.69) is 15.2 Å². The first-order valence-electron chi connectivity index (χ1n) is 9.68. The average molecular weight is 396 g/mol. The van der Waals surface area contributed by atoms with Crippen molar-refractivity contribution in [3.63, 3.8) is 0 Å². The molecule has 3 heterocycles. The van der Waals surface area contributed by atoms with Gasteiger partial charge in [-0.15, -0.1) is 23.7 Å². The maximum atomic E-state index is 6.34. The maximum Gasteiger partial charge on any atom is 0.146 e. The first-order chi connectivity index (χ1) is 12.2.